The largest absolute Gasteiger partial charge is 0.481 e. The summed E-state index contributed by atoms with van der Waals surface area (Å²) in [7, 11) is 0. The maximum absolute atomic E-state index is 12.5. The quantitative estimate of drug-likeness (QED) is 0.212. The molecule has 4 unspecified atom stereocenters. The lowest BCUT2D eigenvalue weighted by Crippen LogP contribution is -2.55. The van der Waals surface area contributed by atoms with E-state index in [9.17, 15) is 24.0 Å². The van der Waals surface area contributed by atoms with E-state index in [4.69, 9.17) is 15.9 Å². The number of amides is 3. The zero-order valence-electron chi connectivity index (χ0n) is 18.8. The van der Waals surface area contributed by atoms with Gasteiger partial charge in [0.25, 0.3) is 0 Å². The molecule has 1 aromatic heterocycles. The van der Waals surface area contributed by atoms with E-state index in [0.29, 0.717) is 0 Å². The molecule has 0 saturated carbocycles. The molecule has 8 N–H and O–H groups in total. The fourth-order valence-corrected chi connectivity index (χ4v) is 3.24. The second kappa shape index (κ2) is 11.8. The molecule has 12 heteroatoms. The van der Waals surface area contributed by atoms with Crippen LogP contribution in [0.1, 0.15) is 32.3 Å². The van der Waals surface area contributed by atoms with Gasteiger partial charge >= 0.3 is 11.9 Å². The van der Waals surface area contributed by atoms with Crippen molar-refractivity contribution in [1.82, 2.24) is 20.9 Å². The zero-order valence-corrected chi connectivity index (χ0v) is 18.8. The number of H-pyrrole nitrogens is 1. The van der Waals surface area contributed by atoms with Crippen LogP contribution in [0, 0.1) is 0 Å². The van der Waals surface area contributed by atoms with Crippen LogP contribution in [-0.4, -0.2) is 69.0 Å². The molecule has 0 aliphatic heterocycles. The summed E-state index contributed by atoms with van der Waals surface area (Å²) < 4.78 is 0. The van der Waals surface area contributed by atoms with Crippen LogP contribution in [0.3, 0.4) is 0 Å². The number of carbonyl (C=O) groups is 5. The molecular formula is C22H29N5O7. The highest BCUT2D eigenvalue weighted by molar-refractivity contribution is 5.94. The molecule has 0 fully saturated rings. The number of aliphatic carboxylic acids is 2. The Balaban J connectivity index is 1.86. The molecule has 2 aromatic rings. The van der Waals surface area contributed by atoms with Crippen molar-refractivity contribution in [2.75, 3.05) is 0 Å². The van der Waals surface area contributed by atoms with Gasteiger partial charge < -0.3 is 36.9 Å². The smallest absolute Gasteiger partial charge is 0.326 e. The Labute approximate surface area is 195 Å². The summed E-state index contributed by atoms with van der Waals surface area (Å²) in [6.07, 6.45) is 1.27. The lowest BCUT2D eigenvalue weighted by molar-refractivity contribution is -0.143. The van der Waals surface area contributed by atoms with Crippen LogP contribution >= 0.6 is 0 Å². The van der Waals surface area contributed by atoms with Crippen molar-refractivity contribution in [3.63, 3.8) is 0 Å². The van der Waals surface area contributed by atoms with Crippen molar-refractivity contribution in [3.05, 3.63) is 36.0 Å². The highest BCUT2D eigenvalue weighted by Crippen LogP contribution is 2.18. The van der Waals surface area contributed by atoms with E-state index in [0.717, 1.165) is 16.5 Å². The SMILES string of the molecule is CC(NC(=O)C(N)Cc1c[nH]c2ccccc12)C(=O)NC(C)C(=O)NC(CCC(=O)O)C(=O)O. The molecule has 3 amide bonds. The number of carbonyl (C=O) groups excluding carboxylic acids is 3. The first-order valence-corrected chi connectivity index (χ1v) is 10.7. The fraction of sp³-hybridized carbons (Fsp3) is 0.409. The van der Waals surface area contributed by atoms with Gasteiger partial charge in [0, 0.05) is 23.5 Å². The number of carboxylic acids is 2. The Morgan fingerprint density at radius 1 is 0.941 bits per heavy atom. The van der Waals surface area contributed by atoms with Gasteiger partial charge in [-0.3, -0.25) is 19.2 Å². The standard InChI is InChI=1S/C22H29N5O7/c1-11(19(30)25-12(2)20(31)27-17(22(33)34)7-8-18(28)29)26-21(32)15(23)9-13-10-24-16-6-4-3-5-14(13)16/h3-6,10-12,15,17,24H,7-9,23H2,1-2H3,(H,25,30)(H,26,32)(H,27,31)(H,28,29)(H,33,34). The average Bonchev–Trinajstić information content (AvgIpc) is 3.18. The minimum absolute atomic E-state index is 0.246. The molecule has 2 rings (SSSR count). The highest BCUT2D eigenvalue weighted by atomic mass is 16.4. The minimum atomic E-state index is -1.41. The molecule has 1 aromatic carbocycles. The molecule has 0 saturated heterocycles. The Bertz CT molecular complexity index is 1070. The first-order valence-electron chi connectivity index (χ1n) is 10.7. The second-order valence-corrected chi connectivity index (χ2v) is 7.96. The average molecular weight is 476 g/mol. The van der Waals surface area contributed by atoms with Crippen molar-refractivity contribution in [1.29, 1.82) is 0 Å². The summed E-state index contributed by atoms with van der Waals surface area (Å²) in [6.45, 7) is 2.75. The van der Waals surface area contributed by atoms with Gasteiger partial charge in [-0.2, -0.15) is 0 Å². The molecule has 0 radical (unpaired) electrons. The van der Waals surface area contributed by atoms with Gasteiger partial charge in [-0.25, -0.2) is 4.79 Å². The van der Waals surface area contributed by atoms with Crippen LogP contribution in [0.2, 0.25) is 0 Å². The summed E-state index contributed by atoms with van der Waals surface area (Å²) in [5, 5.41) is 25.8. The van der Waals surface area contributed by atoms with E-state index in [1.165, 1.54) is 13.8 Å². The van der Waals surface area contributed by atoms with E-state index in [1.54, 1.807) is 6.20 Å². The molecule has 4 atom stereocenters. The van der Waals surface area contributed by atoms with Crippen molar-refractivity contribution in [2.45, 2.75) is 57.3 Å². The lowest BCUT2D eigenvalue weighted by Gasteiger charge is -2.21. The molecule has 184 valence electrons. The van der Waals surface area contributed by atoms with Crippen molar-refractivity contribution < 1.29 is 34.2 Å². The predicted octanol–water partition coefficient (Wildman–Crippen LogP) is -0.519. The van der Waals surface area contributed by atoms with E-state index in [1.807, 2.05) is 24.3 Å². The molecule has 0 spiro atoms. The number of nitrogens with one attached hydrogen (secondary N) is 4. The van der Waals surface area contributed by atoms with Crippen LogP contribution < -0.4 is 21.7 Å². The Hall–Kier alpha value is -3.93. The lowest BCUT2D eigenvalue weighted by atomic mass is 10.0. The third-order valence-corrected chi connectivity index (χ3v) is 5.22. The maximum Gasteiger partial charge on any atom is 0.326 e. The normalized spacial score (nSPS) is 14.4. The number of aromatic amines is 1. The summed E-state index contributed by atoms with van der Waals surface area (Å²) in [4.78, 5) is 62.1. The van der Waals surface area contributed by atoms with Gasteiger partial charge in [-0.05, 0) is 38.3 Å². The van der Waals surface area contributed by atoms with Crippen molar-refractivity contribution in [3.8, 4) is 0 Å². The molecule has 1 heterocycles. The number of fused-ring (bicyclic) bond motifs is 1. The Kier molecular flexibility index (Phi) is 9.13. The minimum Gasteiger partial charge on any atom is -0.481 e. The van der Waals surface area contributed by atoms with Gasteiger partial charge in [0.15, 0.2) is 0 Å². The molecular weight excluding hydrogens is 446 g/mol. The van der Waals surface area contributed by atoms with Crippen LogP contribution in [0.4, 0.5) is 0 Å². The van der Waals surface area contributed by atoms with E-state index < -0.39 is 60.2 Å². The monoisotopic (exact) mass is 475 g/mol. The van der Waals surface area contributed by atoms with E-state index in [2.05, 4.69) is 20.9 Å². The summed E-state index contributed by atoms with van der Waals surface area (Å²) in [6, 6.07) is 3.10. The third kappa shape index (κ3) is 7.30. The van der Waals surface area contributed by atoms with Gasteiger partial charge in [-0.15, -0.1) is 0 Å². The summed E-state index contributed by atoms with van der Waals surface area (Å²) in [5.74, 6) is -4.62. The van der Waals surface area contributed by atoms with E-state index >= 15 is 0 Å². The second-order valence-electron chi connectivity index (χ2n) is 7.96. The Morgan fingerprint density at radius 3 is 2.15 bits per heavy atom. The van der Waals surface area contributed by atoms with Crippen LogP contribution in [0.15, 0.2) is 30.5 Å². The number of aromatic nitrogens is 1. The molecule has 0 aliphatic carbocycles. The van der Waals surface area contributed by atoms with Crippen LogP contribution in [0.25, 0.3) is 10.9 Å². The molecule has 0 bridgehead atoms. The summed E-state index contributed by atoms with van der Waals surface area (Å²) in [5.41, 5.74) is 7.78. The number of rotatable bonds is 12. The van der Waals surface area contributed by atoms with Gasteiger partial charge in [0.05, 0.1) is 6.04 Å². The van der Waals surface area contributed by atoms with Crippen molar-refractivity contribution in [2.24, 2.45) is 5.73 Å². The maximum atomic E-state index is 12.5. The number of carboxylic acid groups (broad SMARTS) is 2. The zero-order chi connectivity index (χ0) is 25.4. The highest BCUT2D eigenvalue weighted by Gasteiger charge is 2.27. The molecule has 12 nitrogen and oxygen atoms in total. The van der Waals surface area contributed by atoms with Crippen molar-refractivity contribution >= 4 is 40.6 Å². The predicted molar refractivity (Wildman–Crippen MR) is 122 cm³/mol. The summed E-state index contributed by atoms with van der Waals surface area (Å²) >= 11 is 0. The van der Waals surface area contributed by atoms with Crippen LogP contribution in [-0.2, 0) is 30.4 Å². The van der Waals surface area contributed by atoms with Crippen LogP contribution in [0.5, 0.6) is 0 Å². The van der Waals surface area contributed by atoms with Gasteiger partial charge in [0.1, 0.15) is 18.1 Å². The third-order valence-electron chi connectivity index (χ3n) is 5.22. The number of hydrogen-bond acceptors (Lipinski definition) is 6. The number of nitrogens with two attached hydrogens (primary N) is 1. The number of para-hydroxylation sites is 1. The van der Waals surface area contributed by atoms with Gasteiger partial charge in [0.2, 0.25) is 17.7 Å². The topological polar surface area (TPSA) is 204 Å². The number of benzene rings is 1. The van der Waals surface area contributed by atoms with Gasteiger partial charge in [-0.1, -0.05) is 18.2 Å². The molecule has 34 heavy (non-hydrogen) atoms. The first kappa shape index (κ1) is 26.3. The fourth-order valence-electron chi connectivity index (χ4n) is 3.24. The number of hydrogen-bond donors (Lipinski definition) is 7. The molecule has 0 aliphatic rings. The first-order chi connectivity index (χ1) is 16.0. The van der Waals surface area contributed by atoms with E-state index in [-0.39, 0.29) is 12.8 Å². The Morgan fingerprint density at radius 2 is 1.53 bits per heavy atom.